The molecular formula is C16H27ClN4. The maximum Gasteiger partial charge on any atom is 0.129 e. The molecule has 0 bridgehead atoms. The smallest absolute Gasteiger partial charge is 0.129 e. The number of nitrogens with one attached hydrogen (secondary N) is 1. The molecule has 1 fully saturated rings. The van der Waals surface area contributed by atoms with Crippen LogP contribution >= 0.6 is 11.6 Å². The minimum Gasteiger partial charge on any atom is -0.355 e. The lowest BCUT2D eigenvalue weighted by Crippen LogP contribution is -2.35. The Morgan fingerprint density at radius 3 is 2.67 bits per heavy atom. The summed E-state index contributed by atoms with van der Waals surface area (Å²) >= 11 is 6.29. The van der Waals surface area contributed by atoms with Crippen molar-refractivity contribution in [1.82, 2.24) is 15.2 Å². The lowest BCUT2D eigenvalue weighted by atomic mass is 10.1. The van der Waals surface area contributed by atoms with Gasteiger partial charge in [0.2, 0.25) is 0 Å². The summed E-state index contributed by atoms with van der Waals surface area (Å²) in [6, 6.07) is 4.01. The quantitative estimate of drug-likeness (QED) is 0.930. The van der Waals surface area contributed by atoms with Gasteiger partial charge in [-0.1, -0.05) is 11.6 Å². The third-order valence-electron chi connectivity index (χ3n) is 3.73. The van der Waals surface area contributed by atoms with Gasteiger partial charge in [0.25, 0.3) is 0 Å². The molecule has 1 aromatic heterocycles. The highest BCUT2D eigenvalue weighted by Crippen LogP contribution is 2.21. The summed E-state index contributed by atoms with van der Waals surface area (Å²) in [5.41, 5.74) is 0.994. The van der Waals surface area contributed by atoms with Gasteiger partial charge in [-0.15, -0.1) is 0 Å². The van der Waals surface area contributed by atoms with Crippen molar-refractivity contribution in [2.45, 2.75) is 39.3 Å². The molecule has 0 saturated carbocycles. The molecular weight excluding hydrogens is 284 g/mol. The molecule has 0 atom stereocenters. The summed E-state index contributed by atoms with van der Waals surface area (Å²) in [6.07, 6.45) is 1.18. The average molecular weight is 311 g/mol. The molecule has 0 aliphatic carbocycles. The molecule has 1 saturated heterocycles. The number of hydrogen-bond acceptors (Lipinski definition) is 4. The van der Waals surface area contributed by atoms with E-state index in [9.17, 15) is 0 Å². The molecule has 118 valence electrons. The fourth-order valence-electron chi connectivity index (χ4n) is 2.40. The Morgan fingerprint density at radius 1 is 1.19 bits per heavy atom. The van der Waals surface area contributed by atoms with Gasteiger partial charge in [0, 0.05) is 31.7 Å². The van der Waals surface area contributed by atoms with Crippen molar-refractivity contribution in [2.75, 3.05) is 38.1 Å². The van der Waals surface area contributed by atoms with Crippen molar-refractivity contribution in [1.29, 1.82) is 0 Å². The molecule has 5 heteroatoms. The van der Waals surface area contributed by atoms with Crippen molar-refractivity contribution in [2.24, 2.45) is 0 Å². The first-order chi connectivity index (χ1) is 9.85. The molecule has 0 spiro atoms. The van der Waals surface area contributed by atoms with Crippen molar-refractivity contribution in [3.8, 4) is 0 Å². The second kappa shape index (κ2) is 6.95. The summed E-state index contributed by atoms with van der Waals surface area (Å²) in [5, 5.41) is 4.19. The first-order valence-electron chi connectivity index (χ1n) is 7.69. The number of anilines is 1. The second-order valence-electron chi connectivity index (χ2n) is 6.85. The van der Waals surface area contributed by atoms with Crippen LogP contribution in [0.4, 0.5) is 5.82 Å². The third-order valence-corrected chi connectivity index (χ3v) is 4.08. The van der Waals surface area contributed by atoms with E-state index >= 15 is 0 Å². The van der Waals surface area contributed by atoms with E-state index in [1.54, 1.807) is 0 Å². The van der Waals surface area contributed by atoms with E-state index in [1.807, 2.05) is 12.1 Å². The topological polar surface area (TPSA) is 31.4 Å². The lowest BCUT2D eigenvalue weighted by Gasteiger charge is -2.24. The highest BCUT2D eigenvalue weighted by Gasteiger charge is 2.16. The van der Waals surface area contributed by atoms with Crippen LogP contribution in [0.1, 0.15) is 32.9 Å². The predicted octanol–water partition coefficient (Wildman–Crippen LogP) is 2.77. The molecule has 1 aliphatic heterocycles. The number of halogens is 1. The van der Waals surface area contributed by atoms with Crippen LogP contribution < -0.4 is 10.2 Å². The first kappa shape index (κ1) is 16.5. The highest BCUT2D eigenvalue weighted by atomic mass is 35.5. The Morgan fingerprint density at radius 2 is 1.95 bits per heavy atom. The maximum atomic E-state index is 6.29. The van der Waals surface area contributed by atoms with Gasteiger partial charge in [0.15, 0.2) is 0 Å². The van der Waals surface area contributed by atoms with Crippen LogP contribution in [0.5, 0.6) is 0 Å². The van der Waals surface area contributed by atoms with E-state index in [-0.39, 0.29) is 5.54 Å². The number of nitrogens with zero attached hydrogens (tertiary/aromatic N) is 3. The Hall–Kier alpha value is -0.840. The van der Waals surface area contributed by atoms with Crippen molar-refractivity contribution in [3.05, 3.63) is 22.8 Å². The normalized spacial score (nSPS) is 17.9. The van der Waals surface area contributed by atoms with Crippen LogP contribution in [0, 0.1) is 0 Å². The molecule has 1 N–H and O–H groups in total. The van der Waals surface area contributed by atoms with Gasteiger partial charge in [-0.2, -0.15) is 0 Å². The standard InChI is InChI=1S/C16H27ClN4/c1-16(2,3)18-12-14-13(17)6-7-15(19-14)21-9-5-8-20(4)10-11-21/h6-7,18H,5,8-12H2,1-4H3. The number of pyridine rings is 1. The molecule has 1 aromatic rings. The van der Waals surface area contributed by atoms with Crippen LogP contribution in [0.2, 0.25) is 5.02 Å². The van der Waals surface area contributed by atoms with Gasteiger partial charge in [-0.05, 0) is 52.9 Å². The fourth-order valence-corrected chi connectivity index (χ4v) is 2.57. The molecule has 0 radical (unpaired) electrons. The zero-order valence-corrected chi connectivity index (χ0v) is 14.4. The zero-order valence-electron chi connectivity index (χ0n) is 13.6. The van der Waals surface area contributed by atoms with E-state index in [4.69, 9.17) is 16.6 Å². The first-order valence-corrected chi connectivity index (χ1v) is 8.07. The highest BCUT2D eigenvalue weighted by molar-refractivity contribution is 6.31. The fraction of sp³-hybridized carbons (Fsp3) is 0.688. The van der Waals surface area contributed by atoms with Crippen molar-refractivity contribution < 1.29 is 0 Å². The lowest BCUT2D eigenvalue weighted by molar-refractivity contribution is 0.360. The van der Waals surface area contributed by atoms with Gasteiger partial charge in [0.05, 0.1) is 10.7 Å². The number of rotatable bonds is 3. The summed E-state index contributed by atoms with van der Waals surface area (Å²) in [5.74, 6) is 1.04. The molecule has 2 heterocycles. The number of aromatic nitrogens is 1. The van der Waals surface area contributed by atoms with Crippen LogP contribution in [0.15, 0.2) is 12.1 Å². The van der Waals surface area contributed by atoms with Crippen LogP contribution in [-0.4, -0.2) is 48.6 Å². The summed E-state index contributed by atoms with van der Waals surface area (Å²) in [6.45, 7) is 11.5. The van der Waals surface area contributed by atoms with Crippen molar-refractivity contribution >= 4 is 17.4 Å². The van der Waals surface area contributed by atoms with E-state index in [0.29, 0.717) is 6.54 Å². The number of hydrogen-bond donors (Lipinski definition) is 1. The maximum absolute atomic E-state index is 6.29. The van der Waals surface area contributed by atoms with Crippen LogP contribution in [0.25, 0.3) is 0 Å². The Balaban J connectivity index is 2.10. The van der Waals surface area contributed by atoms with Gasteiger partial charge >= 0.3 is 0 Å². The minimum atomic E-state index is 0.0618. The largest absolute Gasteiger partial charge is 0.355 e. The zero-order chi connectivity index (χ0) is 15.5. The van der Waals surface area contributed by atoms with E-state index in [1.165, 1.54) is 6.42 Å². The molecule has 2 rings (SSSR count). The minimum absolute atomic E-state index is 0.0618. The average Bonchev–Trinajstić information content (AvgIpc) is 2.62. The SMILES string of the molecule is CN1CCCN(c2ccc(Cl)c(CNC(C)(C)C)n2)CC1. The van der Waals surface area contributed by atoms with E-state index in [2.05, 4.69) is 42.9 Å². The van der Waals surface area contributed by atoms with Gasteiger partial charge in [-0.25, -0.2) is 4.98 Å². The van der Waals surface area contributed by atoms with E-state index < -0.39 is 0 Å². The van der Waals surface area contributed by atoms with Crippen LogP contribution in [-0.2, 0) is 6.54 Å². The summed E-state index contributed by atoms with van der Waals surface area (Å²) < 4.78 is 0. The molecule has 1 aliphatic rings. The van der Waals surface area contributed by atoms with Gasteiger partial charge in [-0.3, -0.25) is 0 Å². The predicted molar refractivity (Wildman–Crippen MR) is 90.2 cm³/mol. The Labute approximate surface area is 133 Å². The molecule has 0 aromatic carbocycles. The van der Waals surface area contributed by atoms with Gasteiger partial charge in [0.1, 0.15) is 5.82 Å². The molecule has 21 heavy (non-hydrogen) atoms. The van der Waals surface area contributed by atoms with Crippen LogP contribution in [0.3, 0.4) is 0 Å². The number of likely N-dealkylation sites (N-methyl/N-ethyl adjacent to an activating group) is 1. The molecule has 0 amide bonds. The Kier molecular flexibility index (Phi) is 5.47. The molecule has 0 unspecified atom stereocenters. The van der Waals surface area contributed by atoms with E-state index in [0.717, 1.165) is 42.7 Å². The van der Waals surface area contributed by atoms with Gasteiger partial charge < -0.3 is 15.1 Å². The van der Waals surface area contributed by atoms with Crippen molar-refractivity contribution in [3.63, 3.8) is 0 Å². The third kappa shape index (κ3) is 5.13. The summed E-state index contributed by atoms with van der Waals surface area (Å²) in [7, 11) is 2.18. The second-order valence-corrected chi connectivity index (χ2v) is 7.25. The molecule has 4 nitrogen and oxygen atoms in total. The Bertz CT molecular complexity index is 470. The summed E-state index contributed by atoms with van der Waals surface area (Å²) in [4.78, 5) is 9.51. The monoisotopic (exact) mass is 310 g/mol.